The lowest BCUT2D eigenvalue weighted by molar-refractivity contribution is 0.100. The summed E-state index contributed by atoms with van der Waals surface area (Å²) in [5, 5.41) is 13.0. The molecular formula is C22H23N5O2. The highest BCUT2D eigenvalue weighted by Crippen LogP contribution is 2.27. The first kappa shape index (κ1) is 18.9. The topological polar surface area (TPSA) is 104 Å². The molecule has 0 radical (unpaired) electrons. The number of benzene rings is 2. The van der Waals surface area contributed by atoms with Gasteiger partial charge in [0.15, 0.2) is 0 Å². The molecule has 1 fully saturated rings. The van der Waals surface area contributed by atoms with Gasteiger partial charge in [0, 0.05) is 36.0 Å². The van der Waals surface area contributed by atoms with E-state index in [1.54, 1.807) is 24.3 Å². The number of anilines is 3. The number of nitrogens with zero attached hydrogens (tertiary/aromatic N) is 3. The minimum Gasteiger partial charge on any atom is -0.393 e. The first-order chi connectivity index (χ1) is 14.1. The van der Waals surface area contributed by atoms with Crippen molar-refractivity contribution in [1.29, 1.82) is 0 Å². The van der Waals surface area contributed by atoms with Crippen molar-refractivity contribution < 1.29 is 9.90 Å². The fourth-order valence-corrected chi connectivity index (χ4v) is 3.35. The number of amides is 1. The predicted molar refractivity (Wildman–Crippen MR) is 113 cm³/mol. The Morgan fingerprint density at radius 1 is 1.03 bits per heavy atom. The molecule has 1 aliphatic heterocycles. The SMILES string of the molecule is NC(=O)c1ccc(Nc2nc(-c3ccccc3)cc(N3CCC(O)CC3)n2)cc1. The summed E-state index contributed by atoms with van der Waals surface area (Å²) >= 11 is 0. The number of rotatable bonds is 5. The van der Waals surface area contributed by atoms with Gasteiger partial charge in [-0.3, -0.25) is 4.79 Å². The van der Waals surface area contributed by atoms with E-state index in [0.29, 0.717) is 11.5 Å². The van der Waals surface area contributed by atoms with Gasteiger partial charge in [0.2, 0.25) is 11.9 Å². The van der Waals surface area contributed by atoms with E-state index in [-0.39, 0.29) is 6.10 Å². The Kier molecular flexibility index (Phi) is 5.39. The van der Waals surface area contributed by atoms with Crippen molar-refractivity contribution in [3.63, 3.8) is 0 Å². The lowest BCUT2D eigenvalue weighted by atomic mass is 10.1. The van der Waals surface area contributed by atoms with Gasteiger partial charge in [-0.25, -0.2) is 4.98 Å². The number of hydrogen-bond acceptors (Lipinski definition) is 6. The maximum Gasteiger partial charge on any atom is 0.248 e. The molecule has 148 valence electrons. The zero-order valence-electron chi connectivity index (χ0n) is 16.0. The van der Waals surface area contributed by atoms with E-state index in [9.17, 15) is 9.90 Å². The summed E-state index contributed by atoms with van der Waals surface area (Å²) in [6.45, 7) is 1.50. The summed E-state index contributed by atoms with van der Waals surface area (Å²) in [7, 11) is 0. The van der Waals surface area contributed by atoms with E-state index in [2.05, 4.69) is 15.2 Å². The third-order valence-electron chi connectivity index (χ3n) is 5.00. The van der Waals surface area contributed by atoms with Crippen LogP contribution in [-0.4, -0.2) is 40.2 Å². The van der Waals surface area contributed by atoms with Crippen molar-refractivity contribution in [2.75, 3.05) is 23.3 Å². The van der Waals surface area contributed by atoms with Crippen LogP contribution in [0.25, 0.3) is 11.3 Å². The second kappa shape index (κ2) is 8.28. The third kappa shape index (κ3) is 4.52. The Hall–Kier alpha value is -3.45. The molecule has 0 spiro atoms. The van der Waals surface area contributed by atoms with Gasteiger partial charge in [-0.1, -0.05) is 30.3 Å². The highest BCUT2D eigenvalue weighted by molar-refractivity contribution is 5.93. The standard InChI is InChI=1S/C22H23N5O2/c23-21(29)16-6-8-17(9-7-16)24-22-25-19(15-4-2-1-3-5-15)14-20(26-22)27-12-10-18(28)11-13-27/h1-9,14,18,28H,10-13H2,(H2,23,29)(H,24,25,26). The van der Waals surface area contributed by atoms with Crippen LogP contribution in [0.3, 0.4) is 0 Å². The molecule has 1 aromatic heterocycles. The van der Waals surface area contributed by atoms with Crippen LogP contribution in [0.2, 0.25) is 0 Å². The molecule has 7 heteroatoms. The van der Waals surface area contributed by atoms with Gasteiger partial charge in [0.05, 0.1) is 11.8 Å². The molecule has 29 heavy (non-hydrogen) atoms. The zero-order chi connectivity index (χ0) is 20.2. The number of carbonyl (C=O) groups excluding carboxylic acids is 1. The number of nitrogens with one attached hydrogen (secondary N) is 1. The van der Waals surface area contributed by atoms with E-state index in [0.717, 1.165) is 48.7 Å². The summed E-state index contributed by atoms with van der Waals surface area (Å²) in [6.07, 6.45) is 1.20. The Labute approximate surface area is 169 Å². The van der Waals surface area contributed by atoms with Gasteiger partial charge in [0.25, 0.3) is 0 Å². The fraction of sp³-hybridized carbons (Fsp3) is 0.227. The molecule has 4 N–H and O–H groups in total. The predicted octanol–water partition coefficient (Wildman–Crippen LogP) is 2.95. The summed E-state index contributed by atoms with van der Waals surface area (Å²) < 4.78 is 0. The van der Waals surface area contributed by atoms with Crippen molar-refractivity contribution in [2.45, 2.75) is 18.9 Å². The maximum atomic E-state index is 11.3. The van der Waals surface area contributed by atoms with Gasteiger partial charge in [-0.05, 0) is 37.1 Å². The average molecular weight is 389 g/mol. The smallest absolute Gasteiger partial charge is 0.248 e. The minimum atomic E-state index is -0.464. The summed E-state index contributed by atoms with van der Waals surface area (Å²) in [5.41, 5.74) is 8.33. The van der Waals surface area contributed by atoms with Crippen molar-refractivity contribution in [3.05, 3.63) is 66.2 Å². The van der Waals surface area contributed by atoms with Crippen LogP contribution in [-0.2, 0) is 0 Å². The van der Waals surface area contributed by atoms with Crippen LogP contribution in [0.5, 0.6) is 0 Å². The molecule has 1 aliphatic rings. The number of hydrogen-bond donors (Lipinski definition) is 3. The van der Waals surface area contributed by atoms with Gasteiger partial charge in [-0.2, -0.15) is 4.98 Å². The molecule has 2 aromatic carbocycles. The minimum absolute atomic E-state index is 0.247. The Balaban J connectivity index is 1.66. The number of nitrogens with two attached hydrogens (primary N) is 1. The number of piperidine rings is 1. The van der Waals surface area contributed by atoms with Gasteiger partial charge < -0.3 is 21.1 Å². The Bertz CT molecular complexity index is 984. The van der Waals surface area contributed by atoms with E-state index < -0.39 is 5.91 Å². The number of carbonyl (C=O) groups is 1. The van der Waals surface area contributed by atoms with Gasteiger partial charge >= 0.3 is 0 Å². The Morgan fingerprint density at radius 3 is 2.38 bits per heavy atom. The quantitative estimate of drug-likeness (QED) is 0.620. The second-order valence-electron chi connectivity index (χ2n) is 7.09. The van der Waals surface area contributed by atoms with Crippen LogP contribution in [0.4, 0.5) is 17.5 Å². The molecule has 0 atom stereocenters. The van der Waals surface area contributed by atoms with Crippen molar-refractivity contribution >= 4 is 23.4 Å². The monoisotopic (exact) mass is 389 g/mol. The first-order valence-electron chi connectivity index (χ1n) is 9.63. The molecule has 7 nitrogen and oxygen atoms in total. The molecule has 4 rings (SSSR count). The first-order valence-corrected chi connectivity index (χ1v) is 9.63. The van der Waals surface area contributed by atoms with E-state index >= 15 is 0 Å². The number of aliphatic hydroxyl groups excluding tert-OH is 1. The Morgan fingerprint density at radius 2 is 1.72 bits per heavy atom. The summed E-state index contributed by atoms with van der Waals surface area (Å²) in [5.74, 6) is 0.828. The molecule has 0 bridgehead atoms. The molecule has 1 amide bonds. The summed E-state index contributed by atoms with van der Waals surface area (Å²) in [6, 6.07) is 18.8. The van der Waals surface area contributed by atoms with Crippen molar-refractivity contribution in [2.24, 2.45) is 5.73 Å². The van der Waals surface area contributed by atoms with Crippen LogP contribution in [0.1, 0.15) is 23.2 Å². The third-order valence-corrected chi connectivity index (χ3v) is 5.00. The molecular weight excluding hydrogens is 366 g/mol. The fourth-order valence-electron chi connectivity index (χ4n) is 3.35. The molecule has 1 saturated heterocycles. The van der Waals surface area contributed by atoms with Crippen LogP contribution >= 0.6 is 0 Å². The molecule has 0 saturated carbocycles. The van der Waals surface area contributed by atoms with Crippen molar-refractivity contribution in [1.82, 2.24) is 9.97 Å². The van der Waals surface area contributed by atoms with Gasteiger partial charge in [0.1, 0.15) is 5.82 Å². The van der Waals surface area contributed by atoms with E-state index in [1.165, 1.54) is 0 Å². The average Bonchev–Trinajstić information content (AvgIpc) is 2.75. The summed E-state index contributed by atoms with van der Waals surface area (Å²) in [4.78, 5) is 22.8. The van der Waals surface area contributed by atoms with E-state index in [1.807, 2.05) is 36.4 Å². The largest absolute Gasteiger partial charge is 0.393 e. The van der Waals surface area contributed by atoms with Crippen LogP contribution in [0, 0.1) is 0 Å². The second-order valence-corrected chi connectivity index (χ2v) is 7.09. The van der Waals surface area contributed by atoms with Crippen molar-refractivity contribution in [3.8, 4) is 11.3 Å². The highest BCUT2D eigenvalue weighted by atomic mass is 16.3. The van der Waals surface area contributed by atoms with Gasteiger partial charge in [-0.15, -0.1) is 0 Å². The number of aliphatic hydroxyl groups is 1. The molecule has 0 unspecified atom stereocenters. The van der Waals surface area contributed by atoms with Crippen LogP contribution < -0.4 is 16.0 Å². The normalized spacial score (nSPS) is 14.6. The lowest BCUT2D eigenvalue weighted by Gasteiger charge is -2.30. The molecule has 3 aromatic rings. The van der Waals surface area contributed by atoms with Crippen LogP contribution in [0.15, 0.2) is 60.7 Å². The number of aromatic nitrogens is 2. The molecule has 0 aliphatic carbocycles. The van der Waals surface area contributed by atoms with E-state index in [4.69, 9.17) is 10.7 Å². The zero-order valence-corrected chi connectivity index (χ0v) is 16.0. The highest BCUT2D eigenvalue weighted by Gasteiger charge is 2.20. The number of primary amides is 1. The molecule has 2 heterocycles. The lowest BCUT2D eigenvalue weighted by Crippen LogP contribution is -2.36. The maximum absolute atomic E-state index is 11.3.